The predicted molar refractivity (Wildman–Crippen MR) is 109 cm³/mol. The lowest BCUT2D eigenvalue weighted by Gasteiger charge is -2.37. The van der Waals surface area contributed by atoms with Gasteiger partial charge in [-0.15, -0.1) is 0 Å². The molecule has 1 spiro atoms. The number of carbonyl (C=O) groups excluding carboxylic acids is 1. The van der Waals surface area contributed by atoms with Crippen LogP contribution in [0.4, 0.5) is 4.39 Å². The molecule has 0 bridgehead atoms. The Morgan fingerprint density at radius 1 is 0.967 bits per heavy atom. The van der Waals surface area contributed by atoms with Gasteiger partial charge in [-0.1, -0.05) is 18.2 Å². The van der Waals surface area contributed by atoms with Gasteiger partial charge in [0.1, 0.15) is 11.5 Å². The summed E-state index contributed by atoms with van der Waals surface area (Å²) in [6.45, 7) is 2.33. The second-order valence-electron chi connectivity index (χ2n) is 7.57. The van der Waals surface area contributed by atoms with Crippen molar-refractivity contribution in [1.29, 1.82) is 0 Å². The number of para-hydroxylation sites is 1. The molecule has 0 saturated carbocycles. The molecule has 0 aliphatic carbocycles. The number of hydrogen-bond donors (Lipinski definition) is 0. The number of aromatic nitrogens is 2. The molecule has 3 aromatic rings. The van der Waals surface area contributed by atoms with Gasteiger partial charge in [-0.3, -0.25) is 4.79 Å². The third-order valence-electron chi connectivity index (χ3n) is 5.70. The number of rotatable bonds is 3. The Morgan fingerprint density at radius 3 is 2.30 bits per heavy atom. The fraction of sp³-hybridized carbons (Fsp3) is 0.304. The molecule has 2 saturated heterocycles. The second-order valence-corrected chi connectivity index (χ2v) is 7.57. The van der Waals surface area contributed by atoms with Crippen molar-refractivity contribution in [1.82, 2.24) is 14.7 Å². The molecule has 1 aromatic heterocycles. The minimum absolute atomic E-state index is 0.0902. The highest BCUT2D eigenvalue weighted by Gasteiger charge is 2.41. The Balaban J connectivity index is 1.47. The zero-order chi connectivity index (χ0) is 20.6. The SMILES string of the molecule is O=C(c1cc(-c2ccc(F)cc2)nn1-c1ccccc1)N1CCC2(CC1)OCCO2. The maximum atomic E-state index is 13.4. The number of likely N-dealkylation sites (tertiary alicyclic amines) is 1. The third-order valence-corrected chi connectivity index (χ3v) is 5.70. The molecular weight excluding hydrogens is 385 g/mol. The molecule has 0 unspecified atom stereocenters. The summed E-state index contributed by atoms with van der Waals surface area (Å²) in [6, 6.07) is 17.4. The van der Waals surface area contributed by atoms with Crippen molar-refractivity contribution in [3.05, 3.63) is 72.2 Å². The fourth-order valence-corrected chi connectivity index (χ4v) is 4.06. The first kappa shape index (κ1) is 19.0. The van der Waals surface area contributed by atoms with Gasteiger partial charge in [0.2, 0.25) is 0 Å². The van der Waals surface area contributed by atoms with Crippen molar-refractivity contribution in [2.24, 2.45) is 0 Å². The van der Waals surface area contributed by atoms with Crippen LogP contribution in [-0.2, 0) is 9.47 Å². The van der Waals surface area contributed by atoms with Crippen molar-refractivity contribution >= 4 is 5.91 Å². The Morgan fingerprint density at radius 2 is 1.63 bits per heavy atom. The number of nitrogens with zero attached hydrogens (tertiary/aromatic N) is 3. The first-order valence-electron chi connectivity index (χ1n) is 10.1. The lowest BCUT2D eigenvalue weighted by Crippen LogP contribution is -2.47. The molecule has 1 amide bonds. The van der Waals surface area contributed by atoms with Crippen molar-refractivity contribution in [3.8, 4) is 16.9 Å². The van der Waals surface area contributed by atoms with Crippen LogP contribution in [0.15, 0.2) is 60.7 Å². The van der Waals surface area contributed by atoms with E-state index in [1.807, 2.05) is 35.2 Å². The van der Waals surface area contributed by atoms with Crippen LogP contribution in [0.3, 0.4) is 0 Å². The average Bonchev–Trinajstić information content (AvgIpc) is 3.43. The quantitative estimate of drug-likeness (QED) is 0.665. The fourth-order valence-electron chi connectivity index (χ4n) is 4.06. The van der Waals surface area contributed by atoms with Crippen LogP contribution in [0, 0.1) is 5.82 Å². The van der Waals surface area contributed by atoms with Crippen LogP contribution >= 0.6 is 0 Å². The maximum absolute atomic E-state index is 13.4. The summed E-state index contributed by atoms with van der Waals surface area (Å²) in [6.07, 6.45) is 1.31. The summed E-state index contributed by atoms with van der Waals surface area (Å²) in [5.74, 6) is -0.931. The summed E-state index contributed by atoms with van der Waals surface area (Å²) >= 11 is 0. The van der Waals surface area contributed by atoms with Gasteiger partial charge >= 0.3 is 0 Å². The number of benzene rings is 2. The summed E-state index contributed by atoms with van der Waals surface area (Å²) < 4.78 is 26.5. The van der Waals surface area contributed by atoms with E-state index >= 15 is 0 Å². The Hall–Kier alpha value is -3.03. The molecule has 30 heavy (non-hydrogen) atoms. The molecule has 0 N–H and O–H groups in total. The highest BCUT2D eigenvalue weighted by molar-refractivity contribution is 5.94. The normalized spacial score (nSPS) is 18.1. The van der Waals surface area contributed by atoms with E-state index in [1.54, 1.807) is 22.9 Å². The van der Waals surface area contributed by atoms with Gasteiger partial charge in [0.15, 0.2) is 5.79 Å². The molecule has 5 rings (SSSR count). The maximum Gasteiger partial charge on any atom is 0.272 e. The second kappa shape index (κ2) is 7.66. The predicted octanol–water partition coefficient (Wildman–Crippen LogP) is 3.66. The smallest absolute Gasteiger partial charge is 0.272 e. The topological polar surface area (TPSA) is 56.6 Å². The summed E-state index contributed by atoms with van der Waals surface area (Å²) in [5, 5.41) is 4.66. The lowest BCUT2D eigenvalue weighted by atomic mass is 10.0. The van der Waals surface area contributed by atoms with Gasteiger partial charge in [-0.25, -0.2) is 9.07 Å². The summed E-state index contributed by atoms with van der Waals surface area (Å²) in [4.78, 5) is 15.2. The van der Waals surface area contributed by atoms with Crippen LogP contribution in [-0.4, -0.2) is 52.7 Å². The lowest BCUT2D eigenvalue weighted by molar-refractivity contribution is -0.181. The summed E-state index contributed by atoms with van der Waals surface area (Å²) in [5.41, 5.74) is 2.65. The minimum atomic E-state index is -0.532. The number of carbonyl (C=O) groups is 1. The van der Waals surface area contributed by atoms with Gasteiger partial charge in [0, 0.05) is 31.5 Å². The van der Waals surface area contributed by atoms with E-state index in [4.69, 9.17) is 9.47 Å². The van der Waals surface area contributed by atoms with Gasteiger partial charge in [-0.2, -0.15) is 5.10 Å². The molecule has 2 aromatic carbocycles. The van der Waals surface area contributed by atoms with Crippen molar-refractivity contribution in [2.75, 3.05) is 26.3 Å². The van der Waals surface area contributed by atoms with Crippen molar-refractivity contribution < 1.29 is 18.7 Å². The van der Waals surface area contributed by atoms with E-state index in [9.17, 15) is 9.18 Å². The van der Waals surface area contributed by atoms with Crippen LogP contribution < -0.4 is 0 Å². The molecule has 0 radical (unpaired) electrons. The highest BCUT2D eigenvalue weighted by Crippen LogP contribution is 2.32. The van der Waals surface area contributed by atoms with Crippen molar-refractivity contribution in [2.45, 2.75) is 18.6 Å². The van der Waals surface area contributed by atoms with E-state index in [0.29, 0.717) is 50.5 Å². The zero-order valence-electron chi connectivity index (χ0n) is 16.5. The number of amides is 1. The Bertz CT molecular complexity index is 1030. The van der Waals surface area contributed by atoms with Crippen LogP contribution in [0.2, 0.25) is 0 Å². The number of halogens is 1. The summed E-state index contributed by atoms with van der Waals surface area (Å²) in [7, 11) is 0. The van der Waals surface area contributed by atoms with Gasteiger partial charge in [0.25, 0.3) is 5.91 Å². The molecule has 6 nitrogen and oxygen atoms in total. The first-order chi connectivity index (χ1) is 14.6. The van der Waals surface area contributed by atoms with E-state index in [1.165, 1.54) is 12.1 Å². The number of hydrogen-bond acceptors (Lipinski definition) is 4. The molecule has 154 valence electrons. The van der Waals surface area contributed by atoms with Gasteiger partial charge < -0.3 is 14.4 Å². The van der Waals surface area contributed by atoms with Crippen molar-refractivity contribution in [3.63, 3.8) is 0 Å². The zero-order valence-corrected chi connectivity index (χ0v) is 16.5. The molecular formula is C23H22FN3O3. The highest BCUT2D eigenvalue weighted by atomic mass is 19.1. The van der Waals surface area contributed by atoms with E-state index in [2.05, 4.69) is 5.10 Å². The monoisotopic (exact) mass is 407 g/mol. The molecule has 2 aliphatic heterocycles. The van der Waals surface area contributed by atoms with Gasteiger partial charge in [-0.05, 0) is 42.5 Å². The van der Waals surface area contributed by atoms with Crippen LogP contribution in [0.25, 0.3) is 16.9 Å². The molecule has 2 aliphatic rings. The molecule has 3 heterocycles. The molecule has 7 heteroatoms. The first-order valence-corrected chi connectivity index (χ1v) is 10.1. The molecule has 0 atom stereocenters. The van der Waals surface area contributed by atoms with E-state index < -0.39 is 5.79 Å². The van der Waals surface area contributed by atoms with E-state index in [0.717, 1.165) is 11.3 Å². The van der Waals surface area contributed by atoms with E-state index in [-0.39, 0.29) is 11.7 Å². The Labute approximate surface area is 173 Å². The number of piperidine rings is 1. The Kier molecular flexibility index (Phi) is 4.84. The minimum Gasteiger partial charge on any atom is -0.347 e. The average molecular weight is 407 g/mol. The van der Waals surface area contributed by atoms with Gasteiger partial charge in [0.05, 0.1) is 24.6 Å². The van der Waals surface area contributed by atoms with Crippen LogP contribution in [0.1, 0.15) is 23.3 Å². The largest absolute Gasteiger partial charge is 0.347 e. The number of ether oxygens (including phenoxy) is 2. The standard InChI is InChI=1S/C23H22FN3O3/c24-18-8-6-17(7-9-18)20-16-21(27(25-20)19-4-2-1-3-5-19)22(28)26-12-10-23(11-13-26)29-14-15-30-23/h1-9,16H,10-15H2. The third kappa shape index (κ3) is 3.51. The molecule has 2 fully saturated rings. The van der Waals surface area contributed by atoms with Crippen LogP contribution in [0.5, 0.6) is 0 Å².